The molecular formula is C14H20N2S2. The Hall–Kier alpha value is -0.710. The molecule has 0 aliphatic heterocycles. The molecule has 0 aliphatic carbocycles. The number of thiophene rings is 1. The van der Waals surface area contributed by atoms with E-state index in [1.54, 1.807) is 22.7 Å². The lowest BCUT2D eigenvalue weighted by Crippen LogP contribution is -2.18. The normalized spacial score (nSPS) is 10.9. The van der Waals surface area contributed by atoms with E-state index in [-0.39, 0.29) is 0 Å². The molecule has 0 saturated carbocycles. The van der Waals surface area contributed by atoms with E-state index in [0.29, 0.717) is 0 Å². The summed E-state index contributed by atoms with van der Waals surface area (Å²) in [7, 11) is 0. The molecule has 0 aromatic carbocycles. The molecule has 0 atom stereocenters. The van der Waals surface area contributed by atoms with Crippen molar-refractivity contribution in [1.82, 2.24) is 10.3 Å². The van der Waals surface area contributed by atoms with Gasteiger partial charge in [-0.3, -0.25) is 0 Å². The van der Waals surface area contributed by atoms with Crippen LogP contribution in [0.3, 0.4) is 0 Å². The minimum atomic E-state index is 1.04. The average molecular weight is 280 g/mol. The second-order valence-corrected chi connectivity index (χ2v) is 6.20. The van der Waals surface area contributed by atoms with E-state index >= 15 is 0 Å². The maximum atomic E-state index is 4.68. The molecule has 2 heterocycles. The van der Waals surface area contributed by atoms with Crippen LogP contribution in [0, 0.1) is 0 Å². The molecule has 0 aliphatic rings. The molecule has 0 fully saturated rings. The number of rotatable bonds is 8. The molecule has 18 heavy (non-hydrogen) atoms. The zero-order valence-corrected chi connectivity index (χ0v) is 12.4. The predicted molar refractivity (Wildman–Crippen MR) is 81.5 cm³/mol. The van der Waals surface area contributed by atoms with Crippen LogP contribution in [0.2, 0.25) is 0 Å². The minimum absolute atomic E-state index is 1.04. The molecule has 0 amide bonds. The fourth-order valence-electron chi connectivity index (χ4n) is 1.78. The van der Waals surface area contributed by atoms with E-state index in [4.69, 9.17) is 0 Å². The van der Waals surface area contributed by atoms with Gasteiger partial charge < -0.3 is 5.32 Å². The van der Waals surface area contributed by atoms with Crippen LogP contribution in [0.25, 0.3) is 10.6 Å². The molecule has 2 aromatic rings. The number of thiazole rings is 1. The van der Waals surface area contributed by atoms with Gasteiger partial charge in [-0.15, -0.1) is 22.7 Å². The highest BCUT2D eigenvalue weighted by atomic mass is 32.1. The fourth-order valence-corrected chi connectivity index (χ4v) is 3.34. The van der Waals surface area contributed by atoms with E-state index in [2.05, 4.69) is 40.1 Å². The zero-order chi connectivity index (χ0) is 12.6. The summed E-state index contributed by atoms with van der Waals surface area (Å²) in [4.78, 5) is 5.95. The van der Waals surface area contributed by atoms with Crippen molar-refractivity contribution in [1.29, 1.82) is 0 Å². The number of aromatic nitrogens is 1. The van der Waals surface area contributed by atoms with Gasteiger partial charge >= 0.3 is 0 Å². The van der Waals surface area contributed by atoms with Crippen LogP contribution in [-0.4, -0.2) is 18.1 Å². The van der Waals surface area contributed by atoms with E-state index in [1.165, 1.54) is 29.1 Å². The van der Waals surface area contributed by atoms with Crippen molar-refractivity contribution in [2.45, 2.75) is 32.6 Å². The molecule has 0 saturated heterocycles. The number of hydrogen-bond acceptors (Lipinski definition) is 4. The molecule has 0 bridgehead atoms. The molecule has 1 N–H and O–H groups in total. The van der Waals surface area contributed by atoms with Crippen molar-refractivity contribution in [3.63, 3.8) is 0 Å². The van der Waals surface area contributed by atoms with Gasteiger partial charge in [-0.25, -0.2) is 4.98 Å². The summed E-state index contributed by atoms with van der Waals surface area (Å²) in [6.07, 6.45) is 4.95. The van der Waals surface area contributed by atoms with Gasteiger partial charge in [0.2, 0.25) is 0 Å². The van der Waals surface area contributed by atoms with Crippen LogP contribution in [0.15, 0.2) is 22.9 Å². The van der Waals surface area contributed by atoms with Crippen molar-refractivity contribution < 1.29 is 0 Å². The van der Waals surface area contributed by atoms with Gasteiger partial charge in [0.25, 0.3) is 0 Å². The molecule has 0 radical (unpaired) electrons. The fraction of sp³-hybridized carbons (Fsp3) is 0.500. The lowest BCUT2D eigenvalue weighted by Gasteiger charge is -2.01. The highest BCUT2D eigenvalue weighted by molar-refractivity contribution is 7.14. The van der Waals surface area contributed by atoms with Crippen LogP contribution < -0.4 is 5.32 Å². The minimum Gasteiger partial charge on any atom is -0.316 e. The summed E-state index contributed by atoms with van der Waals surface area (Å²) >= 11 is 3.53. The molecule has 2 aromatic heterocycles. The van der Waals surface area contributed by atoms with E-state index < -0.39 is 0 Å². The first-order valence-corrected chi connectivity index (χ1v) is 8.35. The maximum absolute atomic E-state index is 4.68. The molecule has 2 nitrogen and oxygen atoms in total. The van der Waals surface area contributed by atoms with Crippen LogP contribution in [0.5, 0.6) is 0 Å². The van der Waals surface area contributed by atoms with Gasteiger partial charge in [-0.05, 0) is 24.4 Å². The monoisotopic (exact) mass is 280 g/mol. The van der Waals surface area contributed by atoms with Crippen molar-refractivity contribution >= 4 is 22.7 Å². The Morgan fingerprint density at radius 3 is 2.94 bits per heavy atom. The maximum Gasteiger partial charge on any atom is 0.0945 e. The van der Waals surface area contributed by atoms with Crippen LogP contribution in [0.4, 0.5) is 0 Å². The first kappa shape index (κ1) is 13.7. The third-order valence-corrected chi connectivity index (χ3v) is 4.60. The highest BCUT2D eigenvalue weighted by Crippen LogP contribution is 2.26. The van der Waals surface area contributed by atoms with Gasteiger partial charge in [0.1, 0.15) is 0 Å². The van der Waals surface area contributed by atoms with Crippen LogP contribution >= 0.6 is 22.7 Å². The van der Waals surface area contributed by atoms with Crippen molar-refractivity contribution in [3.8, 4) is 10.6 Å². The number of hydrogen-bond donors (Lipinski definition) is 1. The van der Waals surface area contributed by atoms with Gasteiger partial charge in [-0.2, -0.15) is 0 Å². The Bertz CT molecular complexity index is 434. The summed E-state index contributed by atoms with van der Waals surface area (Å²) in [5.41, 5.74) is 1.14. The van der Waals surface area contributed by atoms with Crippen LogP contribution in [0.1, 0.15) is 31.2 Å². The Kier molecular flexibility index (Phi) is 5.84. The second-order valence-electron chi connectivity index (χ2n) is 4.31. The Labute approximate surface area is 117 Å². The predicted octanol–water partition coefficient (Wildman–Crippen LogP) is 4.19. The van der Waals surface area contributed by atoms with Crippen molar-refractivity contribution in [2.24, 2.45) is 0 Å². The number of nitrogens with zero attached hydrogens (tertiary/aromatic N) is 1. The summed E-state index contributed by atoms with van der Waals surface area (Å²) < 4.78 is 0. The quantitative estimate of drug-likeness (QED) is 0.733. The largest absolute Gasteiger partial charge is 0.316 e. The molecule has 4 heteroatoms. The summed E-state index contributed by atoms with van der Waals surface area (Å²) in [5.74, 6) is 0. The Balaban J connectivity index is 1.71. The Morgan fingerprint density at radius 1 is 1.22 bits per heavy atom. The zero-order valence-electron chi connectivity index (χ0n) is 10.8. The summed E-state index contributed by atoms with van der Waals surface area (Å²) in [6.45, 7) is 4.42. The third kappa shape index (κ3) is 4.19. The molecule has 2 rings (SSSR count). The summed E-state index contributed by atoms with van der Waals surface area (Å²) in [5, 5.41) is 8.99. The van der Waals surface area contributed by atoms with E-state index in [9.17, 15) is 0 Å². The smallest absolute Gasteiger partial charge is 0.0945 e. The molecular weight excluding hydrogens is 260 g/mol. The van der Waals surface area contributed by atoms with Crippen LogP contribution in [-0.2, 0) is 6.42 Å². The van der Waals surface area contributed by atoms with E-state index in [0.717, 1.165) is 25.2 Å². The topological polar surface area (TPSA) is 24.9 Å². The third-order valence-electron chi connectivity index (χ3n) is 2.80. The first-order chi connectivity index (χ1) is 8.90. The number of nitrogens with one attached hydrogen (secondary N) is 1. The lowest BCUT2D eigenvalue weighted by atomic mass is 10.2. The van der Waals surface area contributed by atoms with Gasteiger partial charge in [0.05, 0.1) is 15.6 Å². The standard InChI is InChI=1S/C14H20N2S2/c1-2-3-4-8-15-9-7-14-16-12(11-18-14)13-6-5-10-17-13/h5-6,10-11,15H,2-4,7-9H2,1H3. The second kappa shape index (κ2) is 7.67. The number of unbranched alkanes of at least 4 members (excludes halogenated alkanes) is 2. The molecule has 98 valence electrons. The summed E-state index contributed by atoms with van der Waals surface area (Å²) in [6, 6.07) is 4.21. The van der Waals surface area contributed by atoms with Gasteiger partial charge in [-0.1, -0.05) is 25.8 Å². The van der Waals surface area contributed by atoms with Gasteiger partial charge in [0.15, 0.2) is 0 Å². The lowest BCUT2D eigenvalue weighted by molar-refractivity contribution is 0.616. The molecule has 0 spiro atoms. The van der Waals surface area contributed by atoms with Crippen molar-refractivity contribution in [2.75, 3.05) is 13.1 Å². The first-order valence-electron chi connectivity index (χ1n) is 6.59. The van der Waals surface area contributed by atoms with Gasteiger partial charge in [0, 0.05) is 18.3 Å². The van der Waals surface area contributed by atoms with E-state index in [1.807, 2.05) is 0 Å². The average Bonchev–Trinajstić information content (AvgIpc) is 3.03. The highest BCUT2D eigenvalue weighted by Gasteiger charge is 2.04. The van der Waals surface area contributed by atoms with Crippen molar-refractivity contribution in [3.05, 3.63) is 27.9 Å². The molecule has 0 unspecified atom stereocenters. The SMILES string of the molecule is CCCCCNCCc1nc(-c2cccs2)cs1. The Morgan fingerprint density at radius 2 is 2.17 bits per heavy atom.